The smallest absolute Gasteiger partial charge is 0.264 e. The molecule has 0 unspecified atom stereocenters. The summed E-state index contributed by atoms with van der Waals surface area (Å²) >= 11 is 7.45. The number of sulfonamides is 1. The monoisotopic (exact) mass is 506 g/mol. The van der Waals surface area contributed by atoms with Gasteiger partial charge in [0.1, 0.15) is 12.4 Å². The third kappa shape index (κ3) is 6.72. The van der Waals surface area contributed by atoms with E-state index in [1.807, 2.05) is 13.0 Å². The van der Waals surface area contributed by atoms with Crippen LogP contribution < -0.4 is 9.62 Å². The van der Waals surface area contributed by atoms with E-state index < -0.39 is 15.9 Å². The lowest BCUT2D eigenvalue weighted by atomic mass is 10.2. The molecular formula is C24H24ClFN2O3S2. The zero-order chi connectivity index (χ0) is 23.8. The first kappa shape index (κ1) is 25.1. The van der Waals surface area contributed by atoms with Gasteiger partial charge in [-0.15, -0.1) is 0 Å². The highest BCUT2D eigenvalue weighted by Gasteiger charge is 2.27. The number of anilines is 1. The van der Waals surface area contributed by atoms with Gasteiger partial charge in [0, 0.05) is 28.6 Å². The third-order valence-corrected chi connectivity index (χ3v) is 7.91. The molecule has 5 nitrogen and oxygen atoms in total. The van der Waals surface area contributed by atoms with Crippen molar-refractivity contribution in [3.63, 3.8) is 0 Å². The van der Waals surface area contributed by atoms with Crippen molar-refractivity contribution in [1.29, 1.82) is 0 Å². The average molecular weight is 507 g/mol. The first-order valence-electron chi connectivity index (χ1n) is 10.2. The number of benzene rings is 3. The van der Waals surface area contributed by atoms with Gasteiger partial charge in [0.05, 0.1) is 10.6 Å². The predicted molar refractivity (Wildman–Crippen MR) is 133 cm³/mol. The number of aryl methyl sites for hydroxylation is 1. The number of carbonyl (C=O) groups excluding carboxylic acids is 1. The van der Waals surface area contributed by atoms with Crippen molar-refractivity contribution in [2.24, 2.45) is 0 Å². The van der Waals surface area contributed by atoms with Crippen LogP contribution in [0.5, 0.6) is 0 Å². The molecule has 0 fully saturated rings. The summed E-state index contributed by atoms with van der Waals surface area (Å²) in [5.41, 5.74) is 1.72. The number of nitrogens with one attached hydrogen (secondary N) is 1. The van der Waals surface area contributed by atoms with Gasteiger partial charge in [0.15, 0.2) is 0 Å². The molecule has 0 saturated heterocycles. The van der Waals surface area contributed by atoms with Crippen LogP contribution in [-0.2, 0) is 20.6 Å². The Balaban J connectivity index is 1.63. The molecule has 0 aliphatic heterocycles. The number of nitrogens with zero attached hydrogens (tertiary/aromatic N) is 1. The Labute approximate surface area is 203 Å². The van der Waals surface area contributed by atoms with Gasteiger partial charge in [-0.1, -0.05) is 48.0 Å². The second kappa shape index (κ2) is 11.5. The minimum Gasteiger partial charge on any atom is -0.354 e. The minimum atomic E-state index is -3.94. The molecule has 0 heterocycles. The Bertz CT molecular complexity index is 1190. The van der Waals surface area contributed by atoms with Gasteiger partial charge in [-0.2, -0.15) is 11.8 Å². The summed E-state index contributed by atoms with van der Waals surface area (Å²) in [6, 6.07) is 19.5. The molecule has 0 spiro atoms. The van der Waals surface area contributed by atoms with Crippen LogP contribution in [0, 0.1) is 12.7 Å². The molecule has 0 aliphatic rings. The van der Waals surface area contributed by atoms with E-state index in [2.05, 4.69) is 5.32 Å². The first-order valence-corrected chi connectivity index (χ1v) is 13.2. The summed E-state index contributed by atoms with van der Waals surface area (Å²) in [4.78, 5) is 12.7. The lowest BCUT2D eigenvalue weighted by Crippen LogP contribution is -2.41. The van der Waals surface area contributed by atoms with E-state index in [9.17, 15) is 17.6 Å². The summed E-state index contributed by atoms with van der Waals surface area (Å²) in [6.45, 7) is 1.81. The normalized spacial score (nSPS) is 11.2. The largest absolute Gasteiger partial charge is 0.354 e. The summed E-state index contributed by atoms with van der Waals surface area (Å²) in [7, 11) is -3.94. The fourth-order valence-electron chi connectivity index (χ4n) is 3.11. The van der Waals surface area contributed by atoms with Crippen LogP contribution in [-0.4, -0.2) is 33.2 Å². The molecule has 1 N–H and O–H groups in total. The molecule has 0 radical (unpaired) electrons. The Hall–Kier alpha value is -2.55. The van der Waals surface area contributed by atoms with Crippen LogP contribution in [0.4, 0.5) is 10.1 Å². The predicted octanol–water partition coefficient (Wildman–Crippen LogP) is 5.03. The maximum Gasteiger partial charge on any atom is 0.264 e. The molecule has 0 aliphatic carbocycles. The maximum absolute atomic E-state index is 13.8. The van der Waals surface area contributed by atoms with Crippen molar-refractivity contribution in [3.8, 4) is 0 Å². The number of thioether (sulfide) groups is 1. The molecule has 174 valence electrons. The molecule has 3 aromatic carbocycles. The van der Waals surface area contributed by atoms with E-state index in [1.54, 1.807) is 48.5 Å². The van der Waals surface area contributed by atoms with Crippen molar-refractivity contribution >= 4 is 45.0 Å². The van der Waals surface area contributed by atoms with E-state index in [-0.39, 0.29) is 17.3 Å². The second-order valence-corrected chi connectivity index (χ2v) is 10.6. The van der Waals surface area contributed by atoms with Crippen LogP contribution in [0.3, 0.4) is 0 Å². The molecule has 1 amide bonds. The molecule has 0 bridgehead atoms. The third-order valence-electron chi connectivity index (χ3n) is 4.78. The van der Waals surface area contributed by atoms with E-state index in [0.717, 1.165) is 9.87 Å². The zero-order valence-electron chi connectivity index (χ0n) is 18.0. The fraction of sp³-hybridized carbons (Fsp3) is 0.208. The highest BCUT2D eigenvalue weighted by Crippen LogP contribution is 2.25. The molecular weight excluding hydrogens is 483 g/mol. The summed E-state index contributed by atoms with van der Waals surface area (Å²) in [5, 5.41) is 3.11. The van der Waals surface area contributed by atoms with Crippen LogP contribution >= 0.6 is 23.4 Å². The number of hydrogen-bond donors (Lipinski definition) is 1. The quantitative estimate of drug-likeness (QED) is 0.391. The standard InChI is InChI=1S/C24H24ClFN2O3S2/c1-18-7-5-8-19(15-18)28(33(30,31)20-9-3-2-4-10-20)16-24(29)27-13-14-32-17-21-22(25)11-6-12-23(21)26/h2-12,15H,13-14,16-17H2,1H3,(H,27,29). The van der Waals surface area contributed by atoms with Crippen molar-refractivity contribution in [2.75, 3.05) is 23.1 Å². The van der Waals surface area contributed by atoms with Gasteiger partial charge in [0.2, 0.25) is 5.91 Å². The summed E-state index contributed by atoms with van der Waals surface area (Å²) in [5.74, 6) is 0.102. The molecule has 33 heavy (non-hydrogen) atoms. The van der Waals surface area contributed by atoms with Gasteiger partial charge in [-0.25, -0.2) is 12.8 Å². The number of carbonyl (C=O) groups is 1. The highest BCUT2D eigenvalue weighted by atomic mass is 35.5. The Morgan fingerprint density at radius 2 is 1.79 bits per heavy atom. The Kier molecular flexibility index (Phi) is 8.77. The van der Waals surface area contributed by atoms with Gasteiger partial charge in [0.25, 0.3) is 10.0 Å². The minimum absolute atomic E-state index is 0.108. The number of halogens is 2. The topological polar surface area (TPSA) is 66.5 Å². The van der Waals surface area contributed by atoms with Gasteiger partial charge >= 0.3 is 0 Å². The van der Waals surface area contributed by atoms with Gasteiger partial charge in [-0.3, -0.25) is 9.10 Å². The van der Waals surface area contributed by atoms with Crippen molar-refractivity contribution in [1.82, 2.24) is 5.32 Å². The molecule has 0 saturated carbocycles. The van der Waals surface area contributed by atoms with E-state index in [4.69, 9.17) is 11.6 Å². The Morgan fingerprint density at radius 3 is 2.48 bits per heavy atom. The lowest BCUT2D eigenvalue weighted by molar-refractivity contribution is -0.119. The summed E-state index contributed by atoms with van der Waals surface area (Å²) in [6.07, 6.45) is 0. The average Bonchev–Trinajstić information content (AvgIpc) is 2.79. The molecule has 0 aromatic heterocycles. The molecule has 0 atom stereocenters. The van der Waals surface area contributed by atoms with Crippen molar-refractivity contribution < 1.29 is 17.6 Å². The highest BCUT2D eigenvalue weighted by molar-refractivity contribution is 7.98. The van der Waals surface area contributed by atoms with Gasteiger partial charge in [-0.05, 0) is 48.9 Å². The number of hydrogen-bond acceptors (Lipinski definition) is 4. The van der Waals surface area contributed by atoms with E-state index >= 15 is 0 Å². The molecule has 3 aromatic rings. The van der Waals surface area contributed by atoms with Crippen LogP contribution in [0.25, 0.3) is 0 Å². The zero-order valence-corrected chi connectivity index (χ0v) is 20.4. The molecule has 3 rings (SSSR count). The van der Waals surface area contributed by atoms with Crippen LogP contribution in [0.2, 0.25) is 5.02 Å². The van der Waals surface area contributed by atoms with Crippen LogP contribution in [0.1, 0.15) is 11.1 Å². The summed E-state index contributed by atoms with van der Waals surface area (Å²) < 4.78 is 41.5. The number of amides is 1. The van der Waals surface area contributed by atoms with Gasteiger partial charge < -0.3 is 5.32 Å². The second-order valence-electron chi connectivity index (χ2n) is 7.27. The lowest BCUT2D eigenvalue weighted by Gasteiger charge is -2.24. The van der Waals surface area contributed by atoms with E-state index in [0.29, 0.717) is 34.3 Å². The first-order chi connectivity index (χ1) is 15.8. The van der Waals surface area contributed by atoms with Crippen molar-refractivity contribution in [3.05, 3.63) is 94.8 Å². The van der Waals surface area contributed by atoms with E-state index in [1.165, 1.54) is 30.0 Å². The maximum atomic E-state index is 13.8. The fourth-order valence-corrected chi connectivity index (χ4v) is 5.74. The Morgan fingerprint density at radius 1 is 1.06 bits per heavy atom. The van der Waals surface area contributed by atoms with Crippen LogP contribution in [0.15, 0.2) is 77.7 Å². The number of rotatable bonds is 10. The van der Waals surface area contributed by atoms with Crippen molar-refractivity contribution in [2.45, 2.75) is 17.6 Å². The SMILES string of the molecule is Cc1cccc(N(CC(=O)NCCSCc2c(F)cccc2Cl)S(=O)(=O)c2ccccc2)c1. The molecule has 9 heteroatoms.